The lowest BCUT2D eigenvalue weighted by atomic mass is 10.2. The Balaban J connectivity index is 3.05. The summed E-state index contributed by atoms with van der Waals surface area (Å²) in [5.41, 5.74) is 1.07. The largest absolute Gasteiger partial charge is 0.351 e. The Kier molecular flexibility index (Phi) is 7.60. The van der Waals surface area contributed by atoms with Crippen LogP contribution in [-0.2, 0) is 16.0 Å². The maximum atomic E-state index is 5.73. The molecule has 0 saturated carbocycles. The van der Waals surface area contributed by atoms with Gasteiger partial charge in [0.2, 0.25) is 0 Å². The van der Waals surface area contributed by atoms with Gasteiger partial charge >= 0.3 is 0 Å². The number of aryl methyl sites for hydroxylation is 1. The summed E-state index contributed by atoms with van der Waals surface area (Å²) in [5.74, 6) is 0. The van der Waals surface area contributed by atoms with Gasteiger partial charge in [0.05, 0.1) is 16.4 Å². The van der Waals surface area contributed by atoms with Gasteiger partial charge in [0, 0.05) is 19.8 Å². The molecule has 0 spiro atoms. The Morgan fingerprint density at radius 3 is 2.37 bits per heavy atom. The number of ether oxygens (including phenoxy) is 2. The van der Waals surface area contributed by atoms with E-state index in [9.17, 15) is 0 Å². The van der Waals surface area contributed by atoms with E-state index >= 15 is 0 Å². The number of nitrogens with zero attached hydrogens (tertiary/aromatic N) is 2. The first-order valence-corrected chi connectivity index (χ1v) is 7.66. The van der Waals surface area contributed by atoms with Crippen molar-refractivity contribution in [3.63, 3.8) is 0 Å². The summed E-state index contributed by atoms with van der Waals surface area (Å²) in [6.45, 7) is 11.0. The summed E-state index contributed by atoms with van der Waals surface area (Å²) in [5, 5.41) is 7.79. The van der Waals surface area contributed by atoms with Crippen molar-refractivity contribution >= 4 is 15.9 Å². The lowest BCUT2D eigenvalue weighted by molar-refractivity contribution is -0.156. The van der Waals surface area contributed by atoms with Gasteiger partial charge in [-0.1, -0.05) is 6.92 Å². The minimum atomic E-state index is -0.312. The number of rotatable bonds is 9. The number of nitrogens with one attached hydrogen (secondary N) is 1. The van der Waals surface area contributed by atoms with Crippen LogP contribution in [-0.4, -0.2) is 35.8 Å². The molecule has 0 amide bonds. The molecular formula is C13H24BrN3O2. The minimum Gasteiger partial charge on any atom is -0.351 e. The molecule has 1 aromatic heterocycles. The lowest BCUT2D eigenvalue weighted by Gasteiger charge is -2.28. The number of hydrogen-bond donors (Lipinski definition) is 1. The zero-order valence-electron chi connectivity index (χ0n) is 12.1. The predicted octanol–water partition coefficient (Wildman–Crippen LogP) is 2.72. The van der Waals surface area contributed by atoms with E-state index in [1.807, 2.05) is 24.7 Å². The highest BCUT2D eigenvalue weighted by Gasteiger charge is 2.28. The maximum absolute atomic E-state index is 5.73. The van der Waals surface area contributed by atoms with Crippen LogP contribution in [0.2, 0.25) is 0 Å². The maximum Gasteiger partial charge on any atom is 0.178 e. The number of likely N-dealkylation sites (N-methyl/N-ethyl adjacent to an activating group) is 1. The average Bonchev–Trinajstić information content (AvgIpc) is 2.77. The van der Waals surface area contributed by atoms with Crippen LogP contribution >= 0.6 is 15.9 Å². The van der Waals surface area contributed by atoms with E-state index in [1.54, 1.807) is 0 Å². The molecule has 5 nitrogen and oxygen atoms in total. The van der Waals surface area contributed by atoms with Crippen LogP contribution in [0, 0.1) is 0 Å². The average molecular weight is 334 g/mol. The third-order valence-electron chi connectivity index (χ3n) is 2.79. The molecule has 0 aliphatic carbocycles. The van der Waals surface area contributed by atoms with Crippen LogP contribution in [0.25, 0.3) is 0 Å². The van der Waals surface area contributed by atoms with E-state index in [0.29, 0.717) is 13.2 Å². The second-order valence-electron chi connectivity index (χ2n) is 4.01. The quantitative estimate of drug-likeness (QED) is 0.706. The molecule has 1 aromatic rings. The van der Waals surface area contributed by atoms with E-state index in [-0.39, 0.29) is 12.3 Å². The molecule has 1 atom stereocenters. The molecule has 110 valence electrons. The molecule has 0 radical (unpaired) electrons. The molecule has 0 fully saturated rings. The smallest absolute Gasteiger partial charge is 0.178 e. The van der Waals surface area contributed by atoms with E-state index < -0.39 is 0 Å². The van der Waals surface area contributed by atoms with Crippen LogP contribution in [0.5, 0.6) is 0 Å². The van der Waals surface area contributed by atoms with Crippen molar-refractivity contribution in [3.05, 3.63) is 16.4 Å². The van der Waals surface area contributed by atoms with Gasteiger partial charge in [-0.3, -0.25) is 4.68 Å². The molecule has 1 N–H and O–H groups in total. The number of halogens is 1. The van der Waals surface area contributed by atoms with Crippen molar-refractivity contribution in [2.45, 2.75) is 46.6 Å². The minimum absolute atomic E-state index is 0.0401. The summed E-state index contributed by atoms with van der Waals surface area (Å²) in [6, 6.07) is -0.0401. The summed E-state index contributed by atoms with van der Waals surface area (Å²) in [6.07, 6.45) is 1.51. The fraction of sp³-hybridized carbons (Fsp3) is 0.769. The summed E-state index contributed by atoms with van der Waals surface area (Å²) in [7, 11) is 0. The normalized spacial score (nSPS) is 13.2. The molecule has 0 aliphatic rings. The molecule has 0 aliphatic heterocycles. The van der Waals surface area contributed by atoms with Gasteiger partial charge in [0.1, 0.15) is 6.04 Å². The zero-order chi connectivity index (χ0) is 14.3. The number of aromatic nitrogens is 2. The zero-order valence-corrected chi connectivity index (χ0v) is 13.7. The molecule has 0 saturated heterocycles. The molecule has 0 aromatic carbocycles. The van der Waals surface area contributed by atoms with Crippen LogP contribution in [0.15, 0.2) is 10.7 Å². The van der Waals surface area contributed by atoms with Crippen LogP contribution in [0.4, 0.5) is 0 Å². The molecule has 6 heteroatoms. The van der Waals surface area contributed by atoms with Gasteiger partial charge in [-0.05, 0) is 43.2 Å². The highest BCUT2D eigenvalue weighted by Crippen LogP contribution is 2.27. The van der Waals surface area contributed by atoms with Crippen molar-refractivity contribution in [2.75, 3.05) is 19.8 Å². The predicted molar refractivity (Wildman–Crippen MR) is 79.1 cm³/mol. The SMILES string of the molecule is CCNC(c1c(Br)cnn1CC)C(OCC)OCC. The molecule has 0 bridgehead atoms. The van der Waals surface area contributed by atoms with Crippen LogP contribution in [0.3, 0.4) is 0 Å². The monoisotopic (exact) mass is 333 g/mol. The van der Waals surface area contributed by atoms with Gasteiger partial charge in [-0.25, -0.2) is 0 Å². The molecule has 19 heavy (non-hydrogen) atoms. The van der Waals surface area contributed by atoms with Crippen molar-refractivity contribution in [2.24, 2.45) is 0 Å². The van der Waals surface area contributed by atoms with Gasteiger partial charge in [-0.15, -0.1) is 0 Å². The third kappa shape index (κ3) is 4.27. The van der Waals surface area contributed by atoms with E-state index in [1.165, 1.54) is 0 Å². The standard InChI is InChI=1S/C13H24BrN3O2/c1-5-15-11(13(18-7-3)19-8-4)12-10(14)9-16-17(12)6-2/h9,11,13,15H,5-8H2,1-4H3. The van der Waals surface area contributed by atoms with Gasteiger partial charge in [-0.2, -0.15) is 5.10 Å². The van der Waals surface area contributed by atoms with Crippen molar-refractivity contribution in [3.8, 4) is 0 Å². The topological polar surface area (TPSA) is 48.3 Å². The first-order chi connectivity index (χ1) is 9.19. The Morgan fingerprint density at radius 1 is 1.26 bits per heavy atom. The van der Waals surface area contributed by atoms with Crippen molar-refractivity contribution in [1.29, 1.82) is 0 Å². The van der Waals surface area contributed by atoms with Gasteiger partial charge in [0.15, 0.2) is 6.29 Å². The van der Waals surface area contributed by atoms with Crippen molar-refractivity contribution in [1.82, 2.24) is 15.1 Å². The highest BCUT2D eigenvalue weighted by atomic mass is 79.9. The molecule has 1 rings (SSSR count). The van der Waals surface area contributed by atoms with Gasteiger partial charge in [0.25, 0.3) is 0 Å². The summed E-state index contributed by atoms with van der Waals surface area (Å²) in [4.78, 5) is 0. The Bertz CT molecular complexity index is 365. The summed E-state index contributed by atoms with van der Waals surface area (Å²) < 4.78 is 14.4. The Labute approximate surface area is 123 Å². The van der Waals surface area contributed by atoms with E-state index in [4.69, 9.17) is 9.47 Å². The van der Waals surface area contributed by atoms with Gasteiger partial charge < -0.3 is 14.8 Å². The fourth-order valence-electron chi connectivity index (χ4n) is 2.04. The van der Waals surface area contributed by atoms with E-state index in [0.717, 1.165) is 23.3 Å². The third-order valence-corrected chi connectivity index (χ3v) is 3.40. The second-order valence-corrected chi connectivity index (χ2v) is 4.86. The summed E-state index contributed by atoms with van der Waals surface area (Å²) >= 11 is 3.56. The Morgan fingerprint density at radius 2 is 1.89 bits per heavy atom. The highest BCUT2D eigenvalue weighted by molar-refractivity contribution is 9.10. The lowest BCUT2D eigenvalue weighted by Crippen LogP contribution is -2.37. The van der Waals surface area contributed by atoms with Crippen LogP contribution in [0.1, 0.15) is 39.4 Å². The Hall–Kier alpha value is -0.430. The fourth-order valence-corrected chi connectivity index (χ4v) is 2.59. The van der Waals surface area contributed by atoms with Crippen molar-refractivity contribution < 1.29 is 9.47 Å². The molecular weight excluding hydrogens is 310 g/mol. The first-order valence-electron chi connectivity index (χ1n) is 6.87. The molecule has 1 heterocycles. The van der Waals surface area contributed by atoms with Crippen LogP contribution < -0.4 is 5.32 Å². The van der Waals surface area contributed by atoms with E-state index in [2.05, 4.69) is 40.2 Å². The molecule has 1 unspecified atom stereocenters. The first kappa shape index (κ1) is 16.6. The number of hydrogen-bond acceptors (Lipinski definition) is 4. The second kappa shape index (κ2) is 8.68.